The summed E-state index contributed by atoms with van der Waals surface area (Å²) < 4.78 is 44.7. The van der Waals surface area contributed by atoms with Gasteiger partial charge in [0.05, 0.1) is 0 Å². The third-order valence-electron chi connectivity index (χ3n) is 4.86. The van der Waals surface area contributed by atoms with Gasteiger partial charge in [0, 0.05) is 49.8 Å². The van der Waals surface area contributed by atoms with Gasteiger partial charge in [0.15, 0.2) is 0 Å². The molecule has 1 heterocycles. The molecule has 0 spiro atoms. The molecule has 0 bridgehead atoms. The smallest absolute Gasteiger partial charge is 0.278 e. The molecule has 0 atom stereocenters. The average molecular weight is 418 g/mol. The van der Waals surface area contributed by atoms with Gasteiger partial charge in [-0.15, -0.1) is 0 Å². The summed E-state index contributed by atoms with van der Waals surface area (Å²) in [6, 6.07) is 13.0. The molecule has 0 fully saturated rings. The number of benzene rings is 2. The van der Waals surface area contributed by atoms with E-state index in [4.69, 9.17) is 0 Å². The highest BCUT2D eigenvalue weighted by atomic mass is 32.2. The van der Waals surface area contributed by atoms with Gasteiger partial charge < -0.3 is 4.57 Å². The van der Waals surface area contributed by atoms with E-state index in [0.717, 1.165) is 32.9 Å². The minimum Gasteiger partial charge on any atom is -0.347 e. The molecule has 0 aliphatic rings. The number of fused-ring (bicyclic) bond motifs is 1. The molecule has 29 heavy (non-hydrogen) atoms. The zero-order valence-corrected chi connectivity index (χ0v) is 18.1. The normalized spacial score (nSPS) is 12.4. The summed E-state index contributed by atoms with van der Waals surface area (Å²) in [4.78, 5) is 0. The third-order valence-corrected chi connectivity index (χ3v) is 6.39. The lowest BCUT2D eigenvalue weighted by Gasteiger charge is -2.12. The summed E-state index contributed by atoms with van der Waals surface area (Å²) >= 11 is 0. The minimum atomic E-state index is -3.48. The third kappa shape index (κ3) is 4.86. The molecule has 7 heteroatoms. The molecule has 5 nitrogen and oxygen atoms in total. The van der Waals surface area contributed by atoms with Gasteiger partial charge in [-0.3, -0.25) is 0 Å². The minimum absolute atomic E-state index is 0.253. The Kier molecular flexibility index (Phi) is 6.41. The maximum Gasteiger partial charge on any atom is 0.278 e. The van der Waals surface area contributed by atoms with Crippen LogP contribution in [0.5, 0.6) is 0 Å². The number of nitrogens with zero attached hydrogens (tertiary/aromatic N) is 2. The molecular formula is C22H28FN3O2S. The topological polar surface area (TPSA) is 54.3 Å². The Morgan fingerprint density at radius 3 is 2.45 bits per heavy atom. The van der Waals surface area contributed by atoms with Gasteiger partial charge in [0.1, 0.15) is 5.82 Å². The summed E-state index contributed by atoms with van der Waals surface area (Å²) in [5.41, 5.74) is 3.30. The van der Waals surface area contributed by atoms with E-state index in [1.807, 2.05) is 42.6 Å². The van der Waals surface area contributed by atoms with Crippen LogP contribution in [0.3, 0.4) is 0 Å². The monoisotopic (exact) mass is 417 g/mol. The Hall–Kier alpha value is -2.22. The first-order valence-corrected chi connectivity index (χ1v) is 11.2. The van der Waals surface area contributed by atoms with Crippen LogP contribution in [-0.2, 0) is 23.2 Å². The molecule has 0 aliphatic carbocycles. The van der Waals surface area contributed by atoms with Crippen molar-refractivity contribution >= 4 is 21.1 Å². The summed E-state index contributed by atoms with van der Waals surface area (Å²) in [6.07, 6.45) is 2.50. The predicted molar refractivity (Wildman–Crippen MR) is 116 cm³/mol. The summed E-state index contributed by atoms with van der Waals surface area (Å²) in [7, 11) is -0.515. The molecule has 0 radical (unpaired) electrons. The number of nitrogens with one attached hydrogen (secondary N) is 1. The fourth-order valence-corrected chi connectivity index (χ4v) is 4.03. The molecule has 0 amide bonds. The van der Waals surface area contributed by atoms with Crippen LogP contribution in [0.1, 0.15) is 19.4 Å². The van der Waals surface area contributed by atoms with Crippen LogP contribution in [0.15, 0.2) is 48.7 Å². The molecule has 156 valence electrons. The number of hydrogen-bond donors (Lipinski definition) is 1. The number of aromatic nitrogens is 1. The second kappa shape index (κ2) is 8.65. The first kappa shape index (κ1) is 21.5. The zero-order chi connectivity index (χ0) is 21.2. The van der Waals surface area contributed by atoms with Crippen LogP contribution in [0.2, 0.25) is 0 Å². The van der Waals surface area contributed by atoms with Crippen LogP contribution in [0.4, 0.5) is 4.39 Å². The van der Waals surface area contributed by atoms with Crippen molar-refractivity contribution in [2.24, 2.45) is 5.92 Å². The second-order valence-electron chi connectivity index (χ2n) is 7.85. The van der Waals surface area contributed by atoms with Gasteiger partial charge in [-0.25, -0.2) is 9.11 Å². The van der Waals surface area contributed by atoms with Crippen molar-refractivity contribution in [3.05, 3.63) is 60.0 Å². The molecule has 1 N–H and O–H groups in total. The maximum absolute atomic E-state index is 14.9. The Balaban J connectivity index is 1.99. The van der Waals surface area contributed by atoms with Crippen molar-refractivity contribution in [1.29, 1.82) is 0 Å². The van der Waals surface area contributed by atoms with Crippen molar-refractivity contribution in [2.75, 3.05) is 20.6 Å². The standard InChI is InChI=1S/C22H28FN3O2S/c1-16(2)14-26-15-18(10-11-24-29(27,28)25(3)4)20-12-21(23)19(13-22(20)26)17-8-6-5-7-9-17/h5-9,12-13,15-16,24H,10-11,14H2,1-4H3. The van der Waals surface area contributed by atoms with Gasteiger partial charge in [-0.2, -0.15) is 12.7 Å². The molecule has 0 saturated carbocycles. The molecule has 3 aromatic rings. The van der Waals surface area contributed by atoms with Gasteiger partial charge in [0.25, 0.3) is 10.2 Å². The van der Waals surface area contributed by atoms with Crippen molar-refractivity contribution < 1.29 is 12.8 Å². The van der Waals surface area contributed by atoms with Crippen LogP contribution in [-0.4, -0.2) is 37.9 Å². The largest absolute Gasteiger partial charge is 0.347 e. The van der Waals surface area contributed by atoms with Crippen LogP contribution in [0.25, 0.3) is 22.0 Å². The first-order valence-electron chi connectivity index (χ1n) is 9.73. The first-order chi connectivity index (χ1) is 13.7. The van der Waals surface area contributed by atoms with Gasteiger partial charge in [0.2, 0.25) is 0 Å². The number of halogens is 1. The van der Waals surface area contributed by atoms with E-state index in [2.05, 4.69) is 23.1 Å². The van der Waals surface area contributed by atoms with Crippen LogP contribution in [0, 0.1) is 11.7 Å². The van der Waals surface area contributed by atoms with Gasteiger partial charge >= 0.3 is 0 Å². The molecular weight excluding hydrogens is 389 g/mol. The van der Waals surface area contributed by atoms with E-state index < -0.39 is 10.2 Å². The number of hydrogen-bond acceptors (Lipinski definition) is 2. The van der Waals surface area contributed by atoms with E-state index in [-0.39, 0.29) is 12.4 Å². The predicted octanol–water partition coefficient (Wildman–Crippen LogP) is 4.04. The summed E-state index contributed by atoms with van der Waals surface area (Å²) in [5, 5.41) is 0.826. The van der Waals surface area contributed by atoms with E-state index in [1.54, 1.807) is 6.07 Å². The van der Waals surface area contributed by atoms with Crippen molar-refractivity contribution in [2.45, 2.75) is 26.8 Å². The fraction of sp³-hybridized carbons (Fsp3) is 0.364. The number of rotatable bonds is 8. The lowest BCUT2D eigenvalue weighted by atomic mass is 10.0. The highest BCUT2D eigenvalue weighted by molar-refractivity contribution is 7.87. The Morgan fingerprint density at radius 2 is 1.83 bits per heavy atom. The van der Waals surface area contributed by atoms with E-state index >= 15 is 0 Å². The summed E-state index contributed by atoms with van der Waals surface area (Å²) in [5.74, 6) is 0.150. The highest BCUT2D eigenvalue weighted by Gasteiger charge is 2.16. The lowest BCUT2D eigenvalue weighted by Crippen LogP contribution is -2.36. The molecule has 0 saturated heterocycles. The molecule has 0 unspecified atom stereocenters. The van der Waals surface area contributed by atoms with Crippen molar-refractivity contribution in [3.8, 4) is 11.1 Å². The average Bonchev–Trinajstić information content (AvgIpc) is 2.97. The van der Waals surface area contributed by atoms with Crippen LogP contribution < -0.4 is 4.72 Å². The summed E-state index contributed by atoms with van der Waals surface area (Å²) in [6.45, 7) is 5.33. The second-order valence-corrected chi connectivity index (χ2v) is 9.82. The molecule has 1 aromatic heterocycles. The molecule has 2 aromatic carbocycles. The molecule has 3 rings (SSSR count). The van der Waals surface area contributed by atoms with Crippen molar-refractivity contribution in [3.63, 3.8) is 0 Å². The van der Waals surface area contributed by atoms with Crippen LogP contribution >= 0.6 is 0 Å². The lowest BCUT2D eigenvalue weighted by molar-refractivity contribution is 0.506. The SMILES string of the molecule is CC(C)Cn1cc(CCNS(=O)(=O)N(C)C)c2cc(F)c(-c3ccccc3)cc21. The Morgan fingerprint density at radius 1 is 1.14 bits per heavy atom. The fourth-order valence-electron chi connectivity index (χ4n) is 3.41. The van der Waals surface area contributed by atoms with Gasteiger partial charge in [-0.1, -0.05) is 44.2 Å². The maximum atomic E-state index is 14.9. The van der Waals surface area contributed by atoms with E-state index in [0.29, 0.717) is 17.9 Å². The quantitative estimate of drug-likeness (QED) is 0.601. The Bertz CT molecular complexity index is 1090. The van der Waals surface area contributed by atoms with E-state index in [1.165, 1.54) is 14.1 Å². The zero-order valence-electron chi connectivity index (χ0n) is 17.3. The van der Waals surface area contributed by atoms with Gasteiger partial charge in [-0.05, 0) is 35.6 Å². The van der Waals surface area contributed by atoms with Crippen molar-refractivity contribution in [1.82, 2.24) is 13.6 Å². The molecule has 0 aliphatic heterocycles. The Labute approximate surface area is 172 Å². The highest BCUT2D eigenvalue weighted by Crippen LogP contribution is 2.31. The van der Waals surface area contributed by atoms with E-state index in [9.17, 15) is 12.8 Å².